The first-order chi connectivity index (χ1) is 42.2. The van der Waals surface area contributed by atoms with E-state index in [1.807, 2.05) is 0 Å². The Morgan fingerprint density at radius 1 is 0.614 bits per heavy atom. The fourth-order valence-electron chi connectivity index (χ4n) is 9.24. The third-order valence-corrected chi connectivity index (χ3v) is 19.4. The van der Waals surface area contributed by atoms with Crippen LogP contribution in [0.15, 0.2) is 93.6 Å². The van der Waals surface area contributed by atoms with Crippen LogP contribution in [-0.2, 0) is 35.1 Å². The number of fused-ring (bicyclic) bond motifs is 14. The summed E-state index contributed by atoms with van der Waals surface area (Å²) >= 11 is 13.1. The monoisotopic (exact) mass is 1320 g/mol. The number of halogens is 1. The van der Waals surface area contributed by atoms with Gasteiger partial charge < -0.3 is 47.3 Å². The van der Waals surface area contributed by atoms with E-state index in [0.29, 0.717) is 64.4 Å². The third kappa shape index (κ3) is 14.3. The molecule has 6 amide bonds. The number of benzene rings is 2. The highest BCUT2D eigenvalue weighted by molar-refractivity contribution is 7.15. The number of nitrogens with two attached hydrogens (primary N) is 2. The van der Waals surface area contributed by atoms with E-state index in [1.54, 1.807) is 79.2 Å². The van der Waals surface area contributed by atoms with Crippen molar-refractivity contribution in [2.24, 2.45) is 17.4 Å². The molecule has 0 saturated heterocycles. The maximum atomic E-state index is 15.1. The van der Waals surface area contributed by atoms with Crippen LogP contribution < -0.4 is 32.7 Å². The predicted octanol–water partition coefficient (Wildman–Crippen LogP) is 8.04. The van der Waals surface area contributed by atoms with Gasteiger partial charge in [-0.3, -0.25) is 38.4 Å². The molecule has 1 aliphatic heterocycles. The number of carbonyl (C=O) groups excluding carboxylic acids is 8. The van der Waals surface area contributed by atoms with Gasteiger partial charge in [0, 0.05) is 63.5 Å². The van der Waals surface area contributed by atoms with Gasteiger partial charge in [-0.1, -0.05) is 49.4 Å². The van der Waals surface area contributed by atoms with Crippen molar-refractivity contribution in [3.8, 4) is 49.1 Å². The second-order valence-electron chi connectivity index (χ2n) is 19.8. The number of hydrogen-bond donors (Lipinski definition) is 7. The van der Waals surface area contributed by atoms with Crippen LogP contribution in [0.5, 0.6) is 5.75 Å². The number of phenols is 1. The number of carbonyl (C=O) groups is 8. The molecule has 24 nitrogen and oxygen atoms in total. The van der Waals surface area contributed by atoms with Gasteiger partial charge in [-0.05, 0) is 42.3 Å². The minimum absolute atomic E-state index is 0.0390. The quantitative estimate of drug-likeness (QED) is 0.0424. The fourth-order valence-corrected chi connectivity index (χ4v) is 14.8. The summed E-state index contributed by atoms with van der Waals surface area (Å²) in [6.45, 7) is 5.77. The molecule has 1 aliphatic rings. The van der Waals surface area contributed by atoms with Gasteiger partial charge in [0.05, 0.1) is 30.1 Å². The van der Waals surface area contributed by atoms with Crippen LogP contribution in [0.2, 0.25) is 0 Å². The molecule has 0 radical (unpaired) electrons. The van der Waals surface area contributed by atoms with Crippen LogP contribution in [0.3, 0.4) is 0 Å². The Hall–Kier alpha value is -8.78. The first kappa shape index (κ1) is 62.3. The largest absolute Gasteiger partial charge is 0.508 e. The highest BCUT2D eigenvalue weighted by Crippen LogP contribution is 2.40. The minimum atomic E-state index is -1.35. The van der Waals surface area contributed by atoms with Crippen molar-refractivity contribution in [3.05, 3.63) is 147 Å². The van der Waals surface area contributed by atoms with Crippen LogP contribution in [0.1, 0.15) is 124 Å². The number of aromatic nitrogens is 7. The van der Waals surface area contributed by atoms with Gasteiger partial charge in [0.15, 0.2) is 6.10 Å². The number of primary amides is 2. The second kappa shape index (κ2) is 27.1. The molecule has 0 fully saturated rings. The van der Waals surface area contributed by atoms with E-state index in [2.05, 4.69) is 36.2 Å². The number of ether oxygens (including phenoxy) is 2. The molecule has 10 bridgehead atoms. The fraction of sp³-hybridized carbons (Fsp3) is 0.246. The molecule has 0 aliphatic carbocycles. The van der Waals surface area contributed by atoms with Crippen molar-refractivity contribution in [1.82, 2.24) is 56.2 Å². The average Bonchev–Trinajstić information content (AvgIpc) is 4.59. The normalized spacial score (nSPS) is 17.5. The molecule has 10 rings (SSSR count). The molecule has 0 unspecified atom stereocenters. The van der Waals surface area contributed by atoms with Crippen molar-refractivity contribution >= 4 is 127 Å². The van der Waals surface area contributed by atoms with Crippen LogP contribution in [0, 0.1) is 12.8 Å². The summed E-state index contributed by atoms with van der Waals surface area (Å²) in [7, 11) is 0. The molecule has 7 atom stereocenters. The summed E-state index contributed by atoms with van der Waals surface area (Å²) in [5.41, 5.74) is 13.8. The lowest BCUT2D eigenvalue weighted by atomic mass is 9.95. The zero-order valence-corrected chi connectivity index (χ0v) is 52.2. The minimum Gasteiger partial charge on any atom is -0.508 e. The molecule has 9 N–H and O–H groups in total. The number of thiazole rings is 6. The number of aryl methyl sites for hydroxylation is 1. The van der Waals surface area contributed by atoms with Gasteiger partial charge in [0.2, 0.25) is 11.8 Å². The molecule has 9 aromatic rings. The van der Waals surface area contributed by atoms with Gasteiger partial charge in [-0.2, -0.15) is 0 Å². The Bertz CT molecular complexity index is 4130. The van der Waals surface area contributed by atoms with Crippen LogP contribution in [0.4, 0.5) is 0 Å². The Morgan fingerprint density at radius 2 is 1.23 bits per heavy atom. The summed E-state index contributed by atoms with van der Waals surface area (Å²) < 4.78 is 11.6. The van der Waals surface area contributed by atoms with E-state index in [4.69, 9.17) is 52.5 Å². The van der Waals surface area contributed by atoms with Gasteiger partial charge in [-0.15, -0.1) is 79.6 Å². The van der Waals surface area contributed by atoms with Gasteiger partial charge >= 0.3 is 11.9 Å². The number of nitrogens with zero attached hydrogens (tertiary/aromatic N) is 7. The Balaban J connectivity index is 1.11. The van der Waals surface area contributed by atoms with Gasteiger partial charge in [0.1, 0.15) is 93.8 Å². The maximum Gasteiger partial charge on any atom is 0.303 e. The zero-order valence-electron chi connectivity index (χ0n) is 46.5. The second-order valence-corrected chi connectivity index (χ2v) is 25.7. The highest BCUT2D eigenvalue weighted by Gasteiger charge is 2.38. The first-order valence-electron chi connectivity index (χ1n) is 26.5. The number of pyridine rings is 1. The molecule has 2 aromatic carbocycles. The Morgan fingerprint density at radius 3 is 1.91 bits per heavy atom. The molecular formula is C57H50ClN13O11S6. The van der Waals surface area contributed by atoms with Crippen molar-refractivity contribution in [3.63, 3.8) is 0 Å². The van der Waals surface area contributed by atoms with Crippen LogP contribution in [0.25, 0.3) is 43.4 Å². The predicted molar refractivity (Wildman–Crippen MR) is 331 cm³/mol. The topological polar surface area (TPSA) is 366 Å². The summed E-state index contributed by atoms with van der Waals surface area (Å²) in [6.07, 6.45) is -2.74. The zero-order chi connectivity index (χ0) is 62.5. The molecule has 88 heavy (non-hydrogen) atoms. The highest BCUT2D eigenvalue weighted by atomic mass is 35.5. The van der Waals surface area contributed by atoms with E-state index < -0.39 is 96.1 Å². The molecule has 0 spiro atoms. The number of phenolic OH excluding ortho intramolecular Hbond substituents is 1. The number of aromatic hydroxyl groups is 1. The number of amides is 6. The summed E-state index contributed by atoms with van der Waals surface area (Å²) in [5, 5.41) is 31.5. The van der Waals surface area contributed by atoms with E-state index in [9.17, 15) is 38.7 Å². The lowest BCUT2D eigenvalue weighted by molar-refractivity contribution is -0.149. The molecule has 0 saturated carbocycles. The van der Waals surface area contributed by atoms with Crippen LogP contribution in [-0.4, -0.2) is 105 Å². The Kier molecular flexibility index (Phi) is 19.2. The van der Waals surface area contributed by atoms with E-state index in [-0.39, 0.29) is 50.8 Å². The molecule has 7 aromatic heterocycles. The standard InChI is InChI=1S/C57H50ClN13O11S6/c1-24(40(18-58)81-26(3)72)42-56-68-39(23-87-56)54-64-35(19-84-54)44-31(14-15-32(61-44)53-65-36(20-85-53)47(60)76)52-66-37(21-83-52)50(79)63-34(17-41(59)75)55-71-43(25(2)88-55)51(80)70-45(46(82-27(4)73)29-8-6-5-7-9-29)57-67-38(22-86-57)49(78)62-33(48(77)69-42)16-28-10-12-30(74)13-11-28/h5-15,19-24,33-34,40,42,45-46,74H,16-18H2,1-4H3,(H2,59,75)(H2,60,76)(H,62,78)(H,63,79)(H,69,77)(H,70,80)/t24-,33-,34-,40-,42-,45-,46+/m0/s1. The molecular weight excluding hydrogens is 1270 g/mol. The number of hydrogen-bond acceptors (Lipinski definition) is 24. The molecule has 31 heteroatoms. The van der Waals surface area contributed by atoms with E-state index in [0.717, 1.165) is 45.3 Å². The van der Waals surface area contributed by atoms with Crippen molar-refractivity contribution in [2.45, 2.75) is 76.9 Å². The van der Waals surface area contributed by atoms with Crippen LogP contribution >= 0.6 is 79.6 Å². The number of nitrogens with one attached hydrogen (secondary N) is 4. The first-order valence-corrected chi connectivity index (χ1v) is 32.3. The smallest absolute Gasteiger partial charge is 0.303 e. The number of alkyl halides is 1. The van der Waals surface area contributed by atoms with Crippen molar-refractivity contribution in [2.75, 3.05) is 5.88 Å². The number of esters is 2. The third-order valence-electron chi connectivity index (χ3n) is 13.5. The SMILES string of the molecule is CC(=O)O[C@@H](CCl)[C@H](C)[C@@H]1NC(=O)[C@H](Cc2ccc(O)cc2)NC(=O)c2csc(n2)[C@H]([C@H](OC(C)=O)c2ccccc2)NC(=O)c2nc(sc2C)[C@H](CC(N)=O)NC(=O)c2csc(n2)-c2ccc(-c3nc(C(N)=O)cs3)nc2-c2csc(n2)-c2csc1n2. The van der Waals surface area contributed by atoms with Crippen molar-refractivity contribution < 1.29 is 52.9 Å². The van der Waals surface area contributed by atoms with Gasteiger partial charge in [-0.25, -0.2) is 34.9 Å². The van der Waals surface area contributed by atoms with Crippen molar-refractivity contribution in [1.29, 1.82) is 0 Å². The van der Waals surface area contributed by atoms with E-state index >= 15 is 4.79 Å². The Labute approximate surface area is 529 Å². The number of rotatable bonds is 13. The maximum absolute atomic E-state index is 15.1. The molecule has 452 valence electrons. The lowest BCUT2D eigenvalue weighted by Crippen LogP contribution is -2.50. The average molecular weight is 1320 g/mol. The summed E-state index contributed by atoms with van der Waals surface area (Å²) in [5.74, 6) is -6.84. The summed E-state index contributed by atoms with van der Waals surface area (Å²) in [6, 6.07) is 13.1. The summed E-state index contributed by atoms with van der Waals surface area (Å²) in [4.78, 5) is 143. The molecule has 8 heterocycles. The van der Waals surface area contributed by atoms with E-state index in [1.165, 1.54) is 64.8 Å². The lowest BCUT2D eigenvalue weighted by Gasteiger charge is -2.30. The van der Waals surface area contributed by atoms with Gasteiger partial charge in [0.25, 0.3) is 23.6 Å².